The summed E-state index contributed by atoms with van der Waals surface area (Å²) in [5.41, 5.74) is 0. The molecule has 1 heterocycles. The third kappa shape index (κ3) is 8.28. The van der Waals surface area contributed by atoms with Gasteiger partial charge in [-0.2, -0.15) is 0 Å². The highest BCUT2D eigenvalue weighted by Crippen LogP contribution is 1.80. The zero-order chi connectivity index (χ0) is 11.3. The van der Waals surface area contributed by atoms with Gasteiger partial charge in [0, 0.05) is 0 Å². The van der Waals surface area contributed by atoms with E-state index in [-0.39, 0.29) is 0 Å². The molecule has 0 aliphatic carbocycles. The lowest BCUT2D eigenvalue weighted by atomic mass is 10.6. The van der Waals surface area contributed by atoms with Crippen LogP contribution in [0.15, 0.2) is 0 Å². The fourth-order valence-corrected chi connectivity index (χ4v) is 0.933. The molecule has 0 saturated carbocycles. The van der Waals surface area contributed by atoms with Crippen LogP contribution in [0.4, 0.5) is 0 Å². The first-order chi connectivity index (χ1) is 8.00. The molecule has 1 rings (SSSR count). The van der Waals surface area contributed by atoms with Crippen LogP contribution in [0.1, 0.15) is 0 Å². The van der Waals surface area contributed by atoms with Gasteiger partial charge in [-0.25, -0.2) is 0 Å². The minimum atomic E-state index is 0.412. The fraction of sp³-hybridized carbons (Fsp3) is 0.667. The third-order valence-electron chi connectivity index (χ3n) is 1.69. The van der Waals surface area contributed by atoms with Crippen molar-refractivity contribution in [2.75, 3.05) is 52.9 Å². The predicted molar refractivity (Wildman–Crippen MR) is 58.8 cm³/mol. The summed E-state index contributed by atoms with van der Waals surface area (Å²) in [4.78, 5) is 0. The van der Waals surface area contributed by atoms with Gasteiger partial charge in [-0.1, -0.05) is 23.7 Å². The van der Waals surface area contributed by atoms with Gasteiger partial charge in [-0.05, 0) is 0 Å². The van der Waals surface area contributed by atoms with Crippen LogP contribution < -0.4 is 0 Å². The van der Waals surface area contributed by atoms with E-state index in [9.17, 15) is 0 Å². The monoisotopic (exact) mass is 224 g/mol. The summed E-state index contributed by atoms with van der Waals surface area (Å²) < 4.78 is 20.8. The maximum absolute atomic E-state index is 5.21. The van der Waals surface area contributed by atoms with Crippen molar-refractivity contribution in [3.8, 4) is 23.7 Å². The molecule has 0 spiro atoms. The largest absolute Gasteiger partial charge is 0.366 e. The van der Waals surface area contributed by atoms with Gasteiger partial charge in [0.1, 0.15) is 26.4 Å². The van der Waals surface area contributed by atoms with Crippen LogP contribution in [0, 0.1) is 23.7 Å². The van der Waals surface area contributed by atoms with Crippen molar-refractivity contribution in [2.24, 2.45) is 0 Å². The van der Waals surface area contributed by atoms with Crippen LogP contribution in [0.25, 0.3) is 0 Å². The van der Waals surface area contributed by atoms with Crippen LogP contribution in [-0.4, -0.2) is 52.9 Å². The van der Waals surface area contributed by atoms with Gasteiger partial charge in [0.15, 0.2) is 0 Å². The SMILES string of the molecule is C1#CCOCCOCC#CCOCCOC1. The zero-order valence-electron chi connectivity index (χ0n) is 9.29. The summed E-state index contributed by atoms with van der Waals surface area (Å²) in [7, 11) is 0. The van der Waals surface area contributed by atoms with E-state index in [2.05, 4.69) is 23.7 Å². The normalized spacial score (nSPS) is 20.0. The molecule has 0 N–H and O–H groups in total. The second-order valence-electron chi connectivity index (χ2n) is 2.92. The first kappa shape index (κ1) is 13.0. The highest BCUT2D eigenvalue weighted by Gasteiger charge is 1.88. The van der Waals surface area contributed by atoms with Crippen molar-refractivity contribution in [1.82, 2.24) is 0 Å². The van der Waals surface area contributed by atoms with Crippen molar-refractivity contribution >= 4 is 0 Å². The summed E-state index contributed by atoms with van der Waals surface area (Å²) in [6, 6.07) is 0. The second-order valence-corrected chi connectivity index (χ2v) is 2.92. The number of rotatable bonds is 0. The van der Waals surface area contributed by atoms with Gasteiger partial charge in [0.05, 0.1) is 26.4 Å². The summed E-state index contributed by atoms with van der Waals surface area (Å²) in [6.07, 6.45) is 0. The third-order valence-corrected chi connectivity index (χ3v) is 1.69. The quantitative estimate of drug-likeness (QED) is 0.546. The molecule has 1 aliphatic rings. The van der Waals surface area contributed by atoms with E-state index in [4.69, 9.17) is 18.9 Å². The Morgan fingerprint density at radius 1 is 0.438 bits per heavy atom. The van der Waals surface area contributed by atoms with Crippen molar-refractivity contribution in [3.63, 3.8) is 0 Å². The van der Waals surface area contributed by atoms with Crippen LogP contribution >= 0.6 is 0 Å². The number of hydrogen-bond donors (Lipinski definition) is 0. The number of hydrogen-bond acceptors (Lipinski definition) is 4. The Bertz CT molecular complexity index is 225. The molecule has 0 fully saturated rings. The molecule has 4 nitrogen and oxygen atoms in total. The van der Waals surface area contributed by atoms with E-state index < -0.39 is 0 Å². The molecule has 0 bridgehead atoms. The molecular weight excluding hydrogens is 208 g/mol. The lowest BCUT2D eigenvalue weighted by molar-refractivity contribution is 0.0704. The number of ether oxygens (including phenoxy) is 4. The van der Waals surface area contributed by atoms with Gasteiger partial charge in [-0.3, -0.25) is 0 Å². The first-order valence-electron chi connectivity index (χ1n) is 5.22. The van der Waals surface area contributed by atoms with Gasteiger partial charge in [0.25, 0.3) is 0 Å². The molecule has 0 atom stereocenters. The highest BCUT2D eigenvalue weighted by molar-refractivity contribution is 5.00. The van der Waals surface area contributed by atoms with Crippen molar-refractivity contribution < 1.29 is 18.9 Å². The molecule has 88 valence electrons. The molecule has 0 aromatic rings. The lowest BCUT2D eigenvalue weighted by Crippen LogP contribution is -2.07. The van der Waals surface area contributed by atoms with Crippen LogP contribution in [-0.2, 0) is 18.9 Å². The Morgan fingerprint density at radius 2 is 0.688 bits per heavy atom. The Hall–Kier alpha value is -1.04. The average molecular weight is 224 g/mol. The van der Waals surface area contributed by atoms with E-state index >= 15 is 0 Å². The molecule has 0 aromatic heterocycles. The second kappa shape index (κ2) is 10.5. The molecule has 0 radical (unpaired) electrons. The molecular formula is C12H16O4. The van der Waals surface area contributed by atoms with E-state index in [0.717, 1.165) is 0 Å². The zero-order valence-corrected chi connectivity index (χ0v) is 9.29. The van der Waals surface area contributed by atoms with Gasteiger partial charge >= 0.3 is 0 Å². The average Bonchev–Trinajstić information content (AvgIpc) is 2.29. The van der Waals surface area contributed by atoms with Crippen LogP contribution in [0.5, 0.6) is 0 Å². The van der Waals surface area contributed by atoms with E-state index in [1.54, 1.807) is 0 Å². The van der Waals surface area contributed by atoms with Crippen LogP contribution in [0.3, 0.4) is 0 Å². The maximum atomic E-state index is 5.21. The van der Waals surface area contributed by atoms with E-state index in [1.807, 2.05) is 0 Å². The molecule has 0 aromatic carbocycles. The van der Waals surface area contributed by atoms with Crippen LogP contribution in [0.2, 0.25) is 0 Å². The lowest BCUT2D eigenvalue weighted by Gasteiger charge is -2.01. The van der Waals surface area contributed by atoms with Gasteiger partial charge in [0.2, 0.25) is 0 Å². The standard InChI is InChI=1S/C12H16O4/c1-2-6-14-11-12-16-8-4-3-7-15-10-9-13-5-1/h5-12H2. The summed E-state index contributed by atoms with van der Waals surface area (Å²) in [5.74, 6) is 11.4. The molecule has 4 heteroatoms. The minimum Gasteiger partial charge on any atom is -0.366 e. The molecule has 0 saturated heterocycles. The molecule has 16 heavy (non-hydrogen) atoms. The van der Waals surface area contributed by atoms with Crippen molar-refractivity contribution in [3.05, 3.63) is 0 Å². The Labute approximate surface area is 96.2 Å². The van der Waals surface area contributed by atoms with Gasteiger partial charge < -0.3 is 18.9 Å². The van der Waals surface area contributed by atoms with E-state index in [1.165, 1.54) is 0 Å². The Morgan fingerprint density at radius 3 is 0.938 bits per heavy atom. The Balaban J connectivity index is 2.18. The molecule has 0 amide bonds. The summed E-state index contributed by atoms with van der Waals surface area (Å²) in [6.45, 7) is 3.79. The van der Waals surface area contributed by atoms with Gasteiger partial charge in [-0.15, -0.1) is 0 Å². The topological polar surface area (TPSA) is 36.9 Å². The fourth-order valence-electron chi connectivity index (χ4n) is 0.933. The summed E-state index contributed by atoms with van der Waals surface area (Å²) in [5, 5.41) is 0. The highest BCUT2D eigenvalue weighted by atomic mass is 16.5. The van der Waals surface area contributed by atoms with E-state index in [0.29, 0.717) is 52.9 Å². The Kier molecular flexibility index (Phi) is 8.53. The predicted octanol–water partition coefficient (Wildman–Crippen LogP) is 0.0732. The molecule has 1 aliphatic heterocycles. The minimum absolute atomic E-state index is 0.412. The smallest absolute Gasteiger partial charge is 0.107 e. The van der Waals surface area contributed by atoms with Crippen molar-refractivity contribution in [2.45, 2.75) is 0 Å². The molecule has 0 unspecified atom stereocenters. The summed E-state index contributed by atoms with van der Waals surface area (Å²) >= 11 is 0. The van der Waals surface area contributed by atoms with Crippen molar-refractivity contribution in [1.29, 1.82) is 0 Å². The maximum Gasteiger partial charge on any atom is 0.107 e. The first-order valence-corrected chi connectivity index (χ1v) is 5.22.